The van der Waals surface area contributed by atoms with Gasteiger partial charge < -0.3 is 16.0 Å². The number of hydrogen-bond donors (Lipinski definition) is 2. The lowest BCUT2D eigenvalue weighted by atomic mass is 9.80. The summed E-state index contributed by atoms with van der Waals surface area (Å²) in [7, 11) is 0. The molecule has 1 heterocycles. The number of nitrogens with two attached hydrogens (primary N) is 1. The van der Waals surface area contributed by atoms with Crippen LogP contribution in [-0.4, -0.2) is 36.1 Å². The summed E-state index contributed by atoms with van der Waals surface area (Å²) in [6.45, 7) is 2.22. The van der Waals surface area contributed by atoms with Crippen LogP contribution in [0.15, 0.2) is 0 Å². The van der Waals surface area contributed by atoms with Crippen LogP contribution in [0.1, 0.15) is 32.1 Å². The Bertz CT molecular complexity index is 223. The Labute approximate surface area is 84.8 Å². The van der Waals surface area contributed by atoms with Gasteiger partial charge in [0.2, 0.25) is 0 Å². The van der Waals surface area contributed by atoms with E-state index in [0.717, 1.165) is 25.9 Å². The molecule has 0 bridgehead atoms. The summed E-state index contributed by atoms with van der Waals surface area (Å²) < 4.78 is 0. The fraction of sp³-hybridized carbons (Fsp3) is 0.900. The molecule has 0 aromatic heterocycles. The number of nitrogens with zero attached hydrogens (tertiary/aromatic N) is 1. The second kappa shape index (κ2) is 3.77. The summed E-state index contributed by atoms with van der Waals surface area (Å²) >= 11 is 0. The summed E-state index contributed by atoms with van der Waals surface area (Å²) in [5.74, 6) is 0. The summed E-state index contributed by atoms with van der Waals surface area (Å²) in [5, 5.41) is 2.86. The standard InChI is InChI=1S/C10H19N3O/c11-8-10(4-2-1-3-5-10)13-7-6-12-9(13)14/h1-8,11H2,(H,12,14). The van der Waals surface area contributed by atoms with Gasteiger partial charge in [-0.15, -0.1) is 0 Å². The Balaban J connectivity index is 2.13. The number of rotatable bonds is 2. The fourth-order valence-electron chi connectivity index (χ4n) is 2.72. The van der Waals surface area contributed by atoms with E-state index < -0.39 is 0 Å². The summed E-state index contributed by atoms with van der Waals surface area (Å²) in [4.78, 5) is 13.6. The predicted molar refractivity (Wildman–Crippen MR) is 55.0 cm³/mol. The highest BCUT2D eigenvalue weighted by Gasteiger charge is 2.41. The average molecular weight is 197 g/mol. The van der Waals surface area contributed by atoms with E-state index in [1.54, 1.807) is 0 Å². The van der Waals surface area contributed by atoms with Crippen LogP contribution in [0.25, 0.3) is 0 Å². The van der Waals surface area contributed by atoms with Gasteiger partial charge in [0, 0.05) is 19.6 Å². The Morgan fingerprint density at radius 2 is 2.07 bits per heavy atom. The molecular weight excluding hydrogens is 178 g/mol. The van der Waals surface area contributed by atoms with Crippen molar-refractivity contribution in [2.45, 2.75) is 37.6 Å². The Kier molecular flexibility index (Phi) is 2.63. The summed E-state index contributed by atoms with van der Waals surface area (Å²) in [6, 6.07) is 0.0809. The molecule has 1 aliphatic heterocycles. The van der Waals surface area contributed by atoms with E-state index in [4.69, 9.17) is 5.73 Å². The molecule has 0 spiro atoms. The second-order valence-corrected chi connectivity index (χ2v) is 4.37. The van der Waals surface area contributed by atoms with E-state index in [9.17, 15) is 4.79 Å². The maximum Gasteiger partial charge on any atom is 0.318 e. The first-order valence-corrected chi connectivity index (χ1v) is 5.54. The zero-order chi connectivity index (χ0) is 10.0. The molecule has 2 aliphatic rings. The third-order valence-electron chi connectivity index (χ3n) is 3.59. The van der Waals surface area contributed by atoms with Crippen molar-refractivity contribution < 1.29 is 4.79 Å². The molecule has 0 unspecified atom stereocenters. The number of carbonyl (C=O) groups is 1. The van der Waals surface area contributed by atoms with Gasteiger partial charge in [-0.05, 0) is 12.8 Å². The minimum Gasteiger partial charge on any atom is -0.336 e. The Morgan fingerprint density at radius 1 is 1.36 bits per heavy atom. The molecule has 2 amide bonds. The number of urea groups is 1. The van der Waals surface area contributed by atoms with Crippen LogP contribution in [0.4, 0.5) is 4.79 Å². The first kappa shape index (κ1) is 9.77. The lowest BCUT2D eigenvalue weighted by Gasteiger charge is -2.43. The van der Waals surface area contributed by atoms with E-state index in [1.165, 1.54) is 19.3 Å². The van der Waals surface area contributed by atoms with Gasteiger partial charge in [-0.3, -0.25) is 0 Å². The molecule has 14 heavy (non-hydrogen) atoms. The van der Waals surface area contributed by atoms with Crippen molar-refractivity contribution in [1.29, 1.82) is 0 Å². The molecule has 2 fully saturated rings. The van der Waals surface area contributed by atoms with Crippen LogP contribution in [0.2, 0.25) is 0 Å². The van der Waals surface area contributed by atoms with Crippen molar-refractivity contribution >= 4 is 6.03 Å². The molecule has 0 radical (unpaired) electrons. The molecular formula is C10H19N3O. The first-order valence-electron chi connectivity index (χ1n) is 5.54. The largest absolute Gasteiger partial charge is 0.336 e. The molecule has 4 heteroatoms. The Morgan fingerprint density at radius 3 is 2.57 bits per heavy atom. The van der Waals surface area contributed by atoms with E-state index in [0.29, 0.717) is 6.54 Å². The summed E-state index contributed by atoms with van der Waals surface area (Å²) in [5.41, 5.74) is 5.83. The van der Waals surface area contributed by atoms with Crippen LogP contribution in [-0.2, 0) is 0 Å². The van der Waals surface area contributed by atoms with Crippen LogP contribution < -0.4 is 11.1 Å². The van der Waals surface area contributed by atoms with Gasteiger partial charge in [-0.1, -0.05) is 19.3 Å². The van der Waals surface area contributed by atoms with E-state index in [2.05, 4.69) is 5.32 Å². The van der Waals surface area contributed by atoms with Crippen LogP contribution in [0.3, 0.4) is 0 Å². The molecule has 0 aromatic rings. The third-order valence-corrected chi connectivity index (χ3v) is 3.59. The molecule has 1 saturated heterocycles. The third kappa shape index (κ3) is 1.47. The van der Waals surface area contributed by atoms with Crippen molar-refractivity contribution in [3.8, 4) is 0 Å². The highest BCUT2D eigenvalue weighted by atomic mass is 16.2. The van der Waals surface area contributed by atoms with Gasteiger partial charge in [-0.25, -0.2) is 4.79 Å². The number of nitrogens with one attached hydrogen (secondary N) is 1. The van der Waals surface area contributed by atoms with E-state index in [-0.39, 0.29) is 11.6 Å². The second-order valence-electron chi connectivity index (χ2n) is 4.37. The number of carbonyl (C=O) groups excluding carboxylic acids is 1. The maximum absolute atomic E-state index is 11.6. The van der Waals surface area contributed by atoms with Crippen LogP contribution in [0.5, 0.6) is 0 Å². The molecule has 80 valence electrons. The average Bonchev–Trinajstić information content (AvgIpc) is 2.66. The van der Waals surface area contributed by atoms with Crippen molar-refractivity contribution in [2.75, 3.05) is 19.6 Å². The highest BCUT2D eigenvalue weighted by Crippen LogP contribution is 2.33. The lowest BCUT2D eigenvalue weighted by molar-refractivity contribution is 0.103. The number of amides is 2. The lowest BCUT2D eigenvalue weighted by Crippen LogP contribution is -2.56. The predicted octanol–water partition coefficient (Wildman–Crippen LogP) is 0.673. The molecule has 0 aromatic carbocycles. The van der Waals surface area contributed by atoms with E-state index in [1.807, 2.05) is 4.90 Å². The SMILES string of the molecule is NCC1(N2CCNC2=O)CCCCC1. The van der Waals surface area contributed by atoms with Crippen LogP contribution >= 0.6 is 0 Å². The van der Waals surface area contributed by atoms with Gasteiger partial charge in [0.1, 0.15) is 0 Å². The van der Waals surface area contributed by atoms with Gasteiger partial charge in [-0.2, -0.15) is 0 Å². The fourth-order valence-corrected chi connectivity index (χ4v) is 2.72. The number of hydrogen-bond acceptors (Lipinski definition) is 2. The topological polar surface area (TPSA) is 58.4 Å². The molecule has 1 aliphatic carbocycles. The molecule has 3 N–H and O–H groups in total. The molecule has 0 atom stereocenters. The maximum atomic E-state index is 11.6. The van der Waals surface area contributed by atoms with Gasteiger partial charge >= 0.3 is 6.03 Å². The quantitative estimate of drug-likeness (QED) is 0.683. The first-order chi connectivity index (χ1) is 6.78. The smallest absolute Gasteiger partial charge is 0.318 e. The Hall–Kier alpha value is -0.770. The normalized spacial score (nSPS) is 26.4. The minimum atomic E-state index is -0.0289. The minimum absolute atomic E-state index is 0.0289. The van der Waals surface area contributed by atoms with Gasteiger partial charge in [0.15, 0.2) is 0 Å². The molecule has 1 saturated carbocycles. The highest BCUT2D eigenvalue weighted by molar-refractivity contribution is 5.77. The molecule has 4 nitrogen and oxygen atoms in total. The van der Waals surface area contributed by atoms with Gasteiger partial charge in [0.25, 0.3) is 0 Å². The van der Waals surface area contributed by atoms with Crippen LogP contribution in [0, 0.1) is 0 Å². The molecule has 2 rings (SSSR count). The van der Waals surface area contributed by atoms with Crippen molar-refractivity contribution in [3.63, 3.8) is 0 Å². The van der Waals surface area contributed by atoms with E-state index >= 15 is 0 Å². The van der Waals surface area contributed by atoms with Crippen molar-refractivity contribution in [1.82, 2.24) is 10.2 Å². The van der Waals surface area contributed by atoms with Crippen molar-refractivity contribution in [3.05, 3.63) is 0 Å². The van der Waals surface area contributed by atoms with Gasteiger partial charge in [0.05, 0.1) is 5.54 Å². The van der Waals surface area contributed by atoms with Crippen molar-refractivity contribution in [2.24, 2.45) is 5.73 Å². The zero-order valence-electron chi connectivity index (χ0n) is 8.59. The monoisotopic (exact) mass is 197 g/mol. The summed E-state index contributed by atoms with van der Waals surface area (Å²) in [6.07, 6.45) is 5.87. The zero-order valence-corrected chi connectivity index (χ0v) is 8.59.